The van der Waals surface area contributed by atoms with Gasteiger partial charge in [0, 0.05) is 12.8 Å². The molecule has 0 saturated carbocycles. The summed E-state index contributed by atoms with van der Waals surface area (Å²) in [7, 11) is 1.14. The van der Waals surface area contributed by atoms with Crippen LogP contribution in [-0.2, 0) is 32.7 Å². The van der Waals surface area contributed by atoms with Crippen LogP contribution in [0.3, 0.4) is 0 Å². The average Bonchev–Trinajstić information content (AvgIpc) is 3.23. The summed E-state index contributed by atoms with van der Waals surface area (Å²) in [6.07, 6.45) is 56.2. The van der Waals surface area contributed by atoms with E-state index in [2.05, 4.69) is 98.9 Å². The van der Waals surface area contributed by atoms with E-state index in [4.69, 9.17) is 18.5 Å². The molecule has 2 unspecified atom stereocenters. The highest BCUT2D eigenvalue weighted by atomic mass is 31.2. The maximum Gasteiger partial charge on any atom is 0.306 e. The van der Waals surface area contributed by atoms with E-state index in [1.54, 1.807) is 0 Å². The lowest BCUT2D eigenvalue weighted by molar-refractivity contribution is -0.870. The topological polar surface area (TPSA) is 111 Å². The third-order valence-electron chi connectivity index (χ3n) is 9.90. The number of carbonyl (C=O) groups is 2. The van der Waals surface area contributed by atoms with Crippen LogP contribution in [0.1, 0.15) is 181 Å². The van der Waals surface area contributed by atoms with E-state index in [-0.39, 0.29) is 26.1 Å². The molecule has 0 fully saturated rings. The predicted molar refractivity (Wildman–Crippen MR) is 259 cm³/mol. The number of carbonyl (C=O) groups excluding carboxylic acids is 2. The second kappa shape index (κ2) is 43.4. The Hall–Kier alpha value is -2.81. The Bertz CT molecular complexity index is 1330. The Morgan fingerprint density at radius 1 is 0.516 bits per heavy atom. The van der Waals surface area contributed by atoms with Crippen molar-refractivity contribution in [3.63, 3.8) is 0 Å². The van der Waals surface area contributed by atoms with Gasteiger partial charge in [-0.1, -0.05) is 170 Å². The van der Waals surface area contributed by atoms with Gasteiger partial charge in [0.05, 0.1) is 27.7 Å². The monoisotopic (exact) mass is 888 g/mol. The molecule has 10 heteroatoms. The Morgan fingerprint density at radius 3 is 1.39 bits per heavy atom. The molecule has 0 rings (SSSR count). The minimum atomic E-state index is -4.63. The van der Waals surface area contributed by atoms with Crippen LogP contribution < -0.4 is 4.89 Å². The van der Waals surface area contributed by atoms with Gasteiger partial charge in [-0.25, -0.2) is 0 Å². The quantitative estimate of drug-likeness (QED) is 0.0196. The smallest absolute Gasteiger partial charge is 0.306 e. The number of phosphoric ester groups is 1. The second-order valence-electron chi connectivity index (χ2n) is 17.1. The molecule has 0 amide bonds. The highest BCUT2D eigenvalue weighted by Crippen LogP contribution is 2.38. The van der Waals surface area contributed by atoms with Crippen molar-refractivity contribution in [2.45, 2.75) is 187 Å². The highest BCUT2D eigenvalue weighted by Gasteiger charge is 2.21. The molecule has 0 bridgehead atoms. The predicted octanol–water partition coefficient (Wildman–Crippen LogP) is 13.7. The van der Waals surface area contributed by atoms with E-state index in [0.29, 0.717) is 23.9 Å². The average molecular weight is 888 g/mol. The zero-order chi connectivity index (χ0) is 45.7. The van der Waals surface area contributed by atoms with Crippen molar-refractivity contribution < 1.29 is 42.1 Å². The summed E-state index contributed by atoms with van der Waals surface area (Å²) >= 11 is 0. The SMILES string of the molecule is CC/C=C\C/C=C\C/C=C\C/C=C\C/C=C\C/C=C\CCCCCCCCCCC(=O)OC(COC(=O)CCCCCCC/C=C\CCCC)COP(=O)([O-])OCC[N+](C)(C)C. The first-order valence-electron chi connectivity index (χ1n) is 24.3. The van der Waals surface area contributed by atoms with Crippen molar-refractivity contribution in [3.8, 4) is 0 Å². The molecule has 0 heterocycles. The van der Waals surface area contributed by atoms with Gasteiger partial charge in [0.1, 0.15) is 19.8 Å². The second-order valence-corrected chi connectivity index (χ2v) is 18.5. The van der Waals surface area contributed by atoms with Crippen molar-refractivity contribution in [1.82, 2.24) is 0 Å². The van der Waals surface area contributed by atoms with Gasteiger partial charge in [-0.15, -0.1) is 0 Å². The van der Waals surface area contributed by atoms with Crippen molar-refractivity contribution >= 4 is 19.8 Å². The van der Waals surface area contributed by atoms with Crippen LogP contribution in [0.2, 0.25) is 0 Å². The summed E-state index contributed by atoms with van der Waals surface area (Å²) < 4.78 is 33.9. The number of allylic oxidation sites excluding steroid dienone is 14. The largest absolute Gasteiger partial charge is 0.756 e. The number of rotatable bonds is 43. The number of unbranched alkanes of at least 4 members (excludes halogenated alkanes) is 15. The fraction of sp³-hybridized carbons (Fsp3) is 0.692. The van der Waals surface area contributed by atoms with E-state index in [1.165, 1.54) is 38.5 Å². The summed E-state index contributed by atoms with van der Waals surface area (Å²) in [6, 6.07) is 0. The van der Waals surface area contributed by atoms with Crippen LogP contribution in [0, 0.1) is 0 Å². The minimum absolute atomic E-state index is 0.0380. The van der Waals surface area contributed by atoms with Crippen LogP contribution in [0.4, 0.5) is 0 Å². The summed E-state index contributed by atoms with van der Waals surface area (Å²) in [5.41, 5.74) is 0. The van der Waals surface area contributed by atoms with Crippen molar-refractivity contribution in [3.05, 3.63) is 85.1 Å². The normalized spacial score (nSPS) is 14.2. The first kappa shape index (κ1) is 59.2. The summed E-state index contributed by atoms with van der Waals surface area (Å²) in [6.45, 7) is 4.04. The van der Waals surface area contributed by atoms with Gasteiger partial charge >= 0.3 is 11.9 Å². The van der Waals surface area contributed by atoms with E-state index in [0.717, 1.165) is 103 Å². The van der Waals surface area contributed by atoms with Crippen molar-refractivity contribution in [2.24, 2.45) is 0 Å². The summed E-state index contributed by atoms with van der Waals surface area (Å²) in [5, 5.41) is 0. The molecule has 62 heavy (non-hydrogen) atoms. The zero-order valence-corrected chi connectivity index (χ0v) is 40.9. The van der Waals surface area contributed by atoms with Gasteiger partial charge in [0.2, 0.25) is 0 Å². The summed E-state index contributed by atoms with van der Waals surface area (Å²) in [5.74, 6) is -0.862. The summed E-state index contributed by atoms with van der Waals surface area (Å²) in [4.78, 5) is 37.6. The number of likely N-dealkylation sites (N-methyl/N-ethyl adjacent to an activating group) is 1. The van der Waals surface area contributed by atoms with Crippen molar-refractivity contribution in [2.75, 3.05) is 47.5 Å². The molecule has 0 aliphatic heterocycles. The van der Waals surface area contributed by atoms with Gasteiger partial charge in [0.15, 0.2) is 6.10 Å². The number of quaternary nitrogens is 1. The third-order valence-corrected chi connectivity index (χ3v) is 10.9. The first-order chi connectivity index (χ1) is 30.0. The lowest BCUT2D eigenvalue weighted by Gasteiger charge is -2.28. The Morgan fingerprint density at radius 2 is 0.919 bits per heavy atom. The molecule has 9 nitrogen and oxygen atoms in total. The standard InChI is InChI=1S/C52H90NO8P/c1-6-8-10-12-14-16-18-19-20-21-22-23-24-25-26-27-28-29-30-31-32-33-35-37-39-41-43-45-52(55)61-50(49-60-62(56,57)59-47-46-53(3,4)5)48-58-51(54)44-42-40-38-36-34-17-15-13-11-9-7-2/h8,10,13-16,19-20,22-23,25-26,28-29,50H,6-7,9,11-12,17-18,21,24,27,30-49H2,1-5H3/b10-8-,15-13-,16-14-,20-19-,23-22-,26-25-,29-28-. The van der Waals surface area contributed by atoms with Gasteiger partial charge in [-0.3, -0.25) is 14.2 Å². The molecule has 0 aliphatic rings. The van der Waals surface area contributed by atoms with Crippen molar-refractivity contribution in [1.29, 1.82) is 0 Å². The molecule has 0 spiro atoms. The minimum Gasteiger partial charge on any atom is -0.756 e. The number of nitrogens with zero attached hydrogens (tertiary/aromatic N) is 1. The number of hydrogen-bond acceptors (Lipinski definition) is 8. The lowest BCUT2D eigenvalue weighted by Crippen LogP contribution is -2.37. The number of phosphoric acid groups is 1. The highest BCUT2D eigenvalue weighted by molar-refractivity contribution is 7.45. The molecule has 356 valence electrons. The Kier molecular flexibility index (Phi) is 41.5. The van der Waals surface area contributed by atoms with Gasteiger partial charge in [0.25, 0.3) is 7.82 Å². The van der Waals surface area contributed by atoms with Crippen LogP contribution in [0.5, 0.6) is 0 Å². The number of ether oxygens (including phenoxy) is 2. The van der Waals surface area contributed by atoms with Crippen LogP contribution in [0.25, 0.3) is 0 Å². The third kappa shape index (κ3) is 46.7. The molecule has 0 aliphatic carbocycles. The molecule has 0 N–H and O–H groups in total. The lowest BCUT2D eigenvalue weighted by atomic mass is 10.1. The van der Waals surface area contributed by atoms with Gasteiger partial charge < -0.3 is 27.9 Å². The molecular formula is C52H90NO8P. The zero-order valence-electron chi connectivity index (χ0n) is 40.0. The maximum absolute atomic E-state index is 12.7. The molecular weight excluding hydrogens is 798 g/mol. The van der Waals surface area contributed by atoms with Crippen LogP contribution >= 0.6 is 7.82 Å². The molecule has 0 radical (unpaired) electrons. The van der Waals surface area contributed by atoms with Crippen LogP contribution in [-0.4, -0.2) is 70.0 Å². The van der Waals surface area contributed by atoms with Gasteiger partial charge in [-0.2, -0.15) is 0 Å². The molecule has 0 aromatic rings. The Balaban J connectivity index is 4.24. The van der Waals surface area contributed by atoms with E-state index in [1.807, 2.05) is 21.1 Å². The number of esters is 2. The molecule has 2 atom stereocenters. The molecule has 0 aromatic carbocycles. The van der Waals surface area contributed by atoms with E-state index in [9.17, 15) is 19.0 Å². The number of hydrogen-bond donors (Lipinski definition) is 0. The Labute approximate surface area is 380 Å². The molecule has 0 saturated heterocycles. The first-order valence-corrected chi connectivity index (χ1v) is 25.8. The van der Waals surface area contributed by atoms with E-state index >= 15 is 0 Å². The molecule has 0 aromatic heterocycles. The fourth-order valence-corrected chi connectivity index (χ4v) is 6.84. The fourth-order valence-electron chi connectivity index (χ4n) is 6.11. The van der Waals surface area contributed by atoms with Gasteiger partial charge in [-0.05, 0) is 83.5 Å². The van der Waals surface area contributed by atoms with Crippen LogP contribution in [0.15, 0.2) is 85.1 Å². The van der Waals surface area contributed by atoms with E-state index < -0.39 is 32.5 Å². The maximum atomic E-state index is 12.7.